The molecule has 0 amide bonds. The summed E-state index contributed by atoms with van der Waals surface area (Å²) in [5, 5.41) is 2.93. The molecule has 0 aromatic carbocycles. The Kier molecular flexibility index (Phi) is 1.76. The highest BCUT2D eigenvalue weighted by Crippen LogP contribution is 2.05. The summed E-state index contributed by atoms with van der Waals surface area (Å²) >= 11 is 0. The molecular formula is C5H10BN3. The molecule has 3 N–H and O–H groups in total. The summed E-state index contributed by atoms with van der Waals surface area (Å²) in [4.78, 5) is 4.06. The average Bonchev–Trinajstić information content (AvgIpc) is 1.80. The van der Waals surface area contributed by atoms with Crippen LogP contribution in [0.3, 0.4) is 0 Å². The van der Waals surface area contributed by atoms with E-state index in [2.05, 4.69) is 10.3 Å². The zero-order chi connectivity index (χ0) is 6.85. The highest BCUT2D eigenvalue weighted by atomic mass is 15.1. The van der Waals surface area contributed by atoms with Gasteiger partial charge in [0.15, 0.2) is 0 Å². The average molecular weight is 123 g/mol. The van der Waals surface area contributed by atoms with E-state index in [1.165, 1.54) is 0 Å². The smallest absolute Gasteiger partial charge is 0.0943 e. The van der Waals surface area contributed by atoms with Crippen LogP contribution in [0.15, 0.2) is 4.99 Å². The van der Waals surface area contributed by atoms with Gasteiger partial charge in [0.25, 0.3) is 0 Å². The van der Waals surface area contributed by atoms with Gasteiger partial charge in [-0.15, -0.1) is 0 Å². The molecule has 2 unspecified atom stereocenters. The van der Waals surface area contributed by atoms with E-state index < -0.39 is 0 Å². The van der Waals surface area contributed by atoms with E-state index in [1.807, 2.05) is 6.92 Å². The highest BCUT2D eigenvalue weighted by molar-refractivity contribution is 6.12. The zero-order valence-electron chi connectivity index (χ0n) is 5.46. The molecule has 0 saturated carbocycles. The van der Waals surface area contributed by atoms with Crippen LogP contribution in [0.4, 0.5) is 0 Å². The van der Waals surface area contributed by atoms with Gasteiger partial charge in [-0.3, -0.25) is 4.99 Å². The Morgan fingerprint density at radius 3 is 3.00 bits per heavy atom. The minimum Gasteiger partial charge on any atom is -0.359 e. The second-order valence-electron chi connectivity index (χ2n) is 2.26. The summed E-state index contributed by atoms with van der Waals surface area (Å²) in [5.41, 5.74) is 5.55. The van der Waals surface area contributed by atoms with E-state index in [0.717, 1.165) is 5.84 Å². The molecule has 0 fully saturated rings. The minimum atomic E-state index is -0.123. The molecule has 0 aromatic heterocycles. The standard InChI is InChI=1S/C5H10BN3/c1-3-8-2-4(6)5(7)9-3/h4-5H,2,7H2,1H3,(H,8,9). The number of hydrogen-bond acceptors (Lipinski definition) is 3. The molecule has 1 rings (SSSR count). The Bertz CT molecular complexity index is 134. The molecule has 0 saturated heterocycles. The third-order valence-electron chi connectivity index (χ3n) is 1.38. The molecule has 0 spiro atoms. The molecule has 1 aliphatic rings. The number of nitrogens with zero attached hydrogens (tertiary/aromatic N) is 1. The summed E-state index contributed by atoms with van der Waals surface area (Å²) in [6.45, 7) is 2.52. The maximum absolute atomic E-state index is 5.55. The molecular weight excluding hydrogens is 113 g/mol. The SMILES string of the molecule is [B]C1CN=C(C)NC1N. The predicted octanol–water partition coefficient (Wildman–Crippen LogP) is -0.750. The summed E-state index contributed by atoms with van der Waals surface area (Å²) in [7, 11) is 5.55. The highest BCUT2D eigenvalue weighted by Gasteiger charge is 2.15. The van der Waals surface area contributed by atoms with Crippen molar-refractivity contribution in [3.63, 3.8) is 0 Å². The number of nitrogens with two attached hydrogens (primary N) is 1. The third-order valence-corrected chi connectivity index (χ3v) is 1.38. The second kappa shape index (κ2) is 2.39. The normalized spacial score (nSPS) is 35.1. The number of amidine groups is 1. The van der Waals surface area contributed by atoms with Crippen molar-refractivity contribution in [3.05, 3.63) is 0 Å². The zero-order valence-corrected chi connectivity index (χ0v) is 5.46. The first-order chi connectivity index (χ1) is 4.20. The van der Waals surface area contributed by atoms with Crippen molar-refractivity contribution in [2.45, 2.75) is 18.9 Å². The fraction of sp³-hybridized carbons (Fsp3) is 0.800. The van der Waals surface area contributed by atoms with E-state index in [4.69, 9.17) is 13.6 Å². The second-order valence-corrected chi connectivity index (χ2v) is 2.26. The molecule has 9 heavy (non-hydrogen) atoms. The lowest BCUT2D eigenvalue weighted by atomic mass is 9.84. The number of aliphatic imine (C=N–C) groups is 1. The summed E-state index contributed by atoms with van der Waals surface area (Å²) in [6, 6.07) is 0. The maximum Gasteiger partial charge on any atom is 0.0943 e. The molecule has 2 atom stereocenters. The molecule has 0 aliphatic carbocycles. The Morgan fingerprint density at radius 2 is 2.56 bits per heavy atom. The maximum atomic E-state index is 5.55. The molecule has 1 aliphatic heterocycles. The molecule has 2 radical (unpaired) electrons. The van der Waals surface area contributed by atoms with Crippen LogP contribution in [-0.4, -0.2) is 26.4 Å². The van der Waals surface area contributed by atoms with E-state index in [-0.39, 0.29) is 12.0 Å². The lowest BCUT2D eigenvalue weighted by Gasteiger charge is -2.25. The molecule has 1 heterocycles. The van der Waals surface area contributed by atoms with Gasteiger partial charge in [0.05, 0.1) is 19.8 Å². The van der Waals surface area contributed by atoms with Crippen LogP contribution in [0.1, 0.15) is 6.92 Å². The van der Waals surface area contributed by atoms with Crippen molar-refractivity contribution >= 4 is 13.7 Å². The lowest BCUT2D eigenvalue weighted by Crippen LogP contribution is -2.47. The van der Waals surface area contributed by atoms with Gasteiger partial charge in [-0.1, -0.05) is 0 Å². The molecule has 4 heteroatoms. The van der Waals surface area contributed by atoms with Gasteiger partial charge in [-0.25, -0.2) is 0 Å². The fourth-order valence-corrected chi connectivity index (χ4v) is 0.750. The van der Waals surface area contributed by atoms with Gasteiger partial charge in [-0.2, -0.15) is 0 Å². The Hall–Kier alpha value is -0.505. The van der Waals surface area contributed by atoms with Gasteiger partial charge in [0.1, 0.15) is 0 Å². The summed E-state index contributed by atoms with van der Waals surface area (Å²) < 4.78 is 0. The first-order valence-electron chi connectivity index (χ1n) is 2.99. The van der Waals surface area contributed by atoms with Gasteiger partial charge >= 0.3 is 0 Å². The van der Waals surface area contributed by atoms with Crippen molar-refractivity contribution in [1.29, 1.82) is 0 Å². The number of rotatable bonds is 0. The summed E-state index contributed by atoms with van der Waals surface area (Å²) in [6.07, 6.45) is -0.123. The number of nitrogens with one attached hydrogen (secondary N) is 1. The van der Waals surface area contributed by atoms with Crippen LogP contribution in [0, 0.1) is 0 Å². The molecule has 0 bridgehead atoms. The van der Waals surface area contributed by atoms with E-state index in [0.29, 0.717) is 6.54 Å². The van der Waals surface area contributed by atoms with Crippen LogP contribution in [0.2, 0.25) is 5.82 Å². The first-order valence-corrected chi connectivity index (χ1v) is 2.99. The largest absolute Gasteiger partial charge is 0.359 e. The third kappa shape index (κ3) is 1.45. The Balaban J connectivity index is 2.54. The predicted molar refractivity (Wildman–Crippen MR) is 38.6 cm³/mol. The molecule has 3 nitrogen and oxygen atoms in total. The van der Waals surface area contributed by atoms with E-state index >= 15 is 0 Å². The first kappa shape index (κ1) is 6.61. The minimum absolute atomic E-state index is 0.0336. The van der Waals surface area contributed by atoms with Crippen molar-refractivity contribution < 1.29 is 0 Å². The number of hydrogen-bond donors (Lipinski definition) is 2. The van der Waals surface area contributed by atoms with Crippen LogP contribution in [0.5, 0.6) is 0 Å². The van der Waals surface area contributed by atoms with Gasteiger partial charge in [-0.05, 0) is 12.7 Å². The van der Waals surface area contributed by atoms with Gasteiger partial charge < -0.3 is 11.1 Å². The quantitative estimate of drug-likeness (QED) is 0.416. The van der Waals surface area contributed by atoms with Crippen molar-refractivity contribution in [3.8, 4) is 0 Å². The van der Waals surface area contributed by atoms with E-state index in [9.17, 15) is 0 Å². The van der Waals surface area contributed by atoms with Crippen LogP contribution in [0.25, 0.3) is 0 Å². The van der Waals surface area contributed by atoms with Gasteiger partial charge in [0.2, 0.25) is 0 Å². The fourth-order valence-electron chi connectivity index (χ4n) is 0.750. The van der Waals surface area contributed by atoms with Gasteiger partial charge in [0, 0.05) is 6.54 Å². The summed E-state index contributed by atoms with van der Waals surface area (Å²) in [5.74, 6) is 0.845. The lowest BCUT2D eigenvalue weighted by molar-refractivity contribution is 0.562. The molecule has 0 aromatic rings. The monoisotopic (exact) mass is 123 g/mol. The van der Waals surface area contributed by atoms with Crippen molar-refractivity contribution in [2.75, 3.05) is 6.54 Å². The van der Waals surface area contributed by atoms with Crippen LogP contribution in [-0.2, 0) is 0 Å². The molecule has 48 valence electrons. The van der Waals surface area contributed by atoms with Crippen LogP contribution >= 0.6 is 0 Å². The topological polar surface area (TPSA) is 50.4 Å². The van der Waals surface area contributed by atoms with Crippen molar-refractivity contribution in [1.82, 2.24) is 5.32 Å². The van der Waals surface area contributed by atoms with E-state index in [1.54, 1.807) is 0 Å². The Morgan fingerprint density at radius 1 is 1.89 bits per heavy atom. The van der Waals surface area contributed by atoms with Crippen molar-refractivity contribution in [2.24, 2.45) is 10.7 Å². The van der Waals surface area contributed by atoms with Crippen LogP contribution < -0.4 is 11.1 Å². The Labute approximate surface area is 56.1 Å².